The number of morpholine rings is 1. The van der Waals surface area contributed by atoms with Crippen LogP contribution in [0.15, 0.2) is 22.7 Å². The summed E-state index contributed by atoms with van der Waals surface area (Å²) in [6.07, 6.45) is -0.522. The van der Waals surface area contributed by atoms with Crippen LogP contribution in [0.2, 0.25) is 0 Å². The quantitative estimate of drug-likeness (QED) is 0.899. The number of halogens is 1. The van der Waals surface area contributed by atoms with E-state index in [9.17, 15) is 5.11 Å². The Balaban J connectivity index is 1.89. The van der Waals surface area contributed by atoms with E-state index in [1.54, 1.807) is 6.92 Å². The molecule has 2 rings (SSSR count). The van der Waals surface area contributed by atoms with E-state index in [0.29, 0.717) is 6.61 Å². The summed E-state index contributed by atoms with van der Waals surface area (Å²) in [7, 11) is 0. The maximum Gasteiger partial charge on any atom is 0.126 e. The molecule has 0 aliphatic carbocycles. The number of nitrogens with zero attached hydrogens (tertiary/aromatic N) is 1. The van der Waals surface area contributed by atoms with E-state index in [2.05, 4.69) is 20.8 Å². The van der Waals surface area contributed by atoms with Crippen LogP contribution in [0.5, 0.6) is 5.75 Å². The van der Waals surface area contributed by atoms with E-state index < -0.39 is 6.10 Å². The van der Waals surface area contributed by atoms with Gasteiger partial charge in [-0.3, -0.25) is 4.90 Å². The van der Waals surface area contributed by atoms with Gasteiger partial charge in [0.25, 0.3) is 0 Å². The Hall–Kier alpha value is -0.620. The second-order valence-electron chi connectivity index (χ2n) is 4.66. The predicted molar refractivity (Wildman–Crippen MR) is 77.5 cm³/mol. The Bertz CT molecular complexity index is 406. The Labute approximate surface area is 122 Å². The Kier molecular flexibility index (Phi) is 5.63. The molecule has 1 heterocycles. The van der Waals surface area contributed by atoms with Crippen LogP contribution in [0.25, 0.3) is 0 Å². The Morgan fingerprint density at radius 2 is 2.16 bits per heavy atom. The minimum absolute atomic E-state index is 0.522. The van der Waals surface area contributed by atoms with Gasteiger partial charge in [-0.15, -0.1) is 0 Å². The molecule has 1 atom stereocenters. The molecular formula is C14H20BrNO3. The fourth-order valence-corrected chi connectivity index (χ4v) is 2.43. The first-order valence-electron chi connectivity index (χ1n) is 6.57. The minimum atomic E-state index is -0.522. The first-order valence-corrected chi connectivity index (χ1v) is 7.36. The van der Waals surface area contributed by atoms with Crippen molar-refractivity contribution in [3.05, 3.63) is 28.2 Å². The highest BCUT2D eigenvalue weighted by atomic mass is 79.9. The third kappa shape index (κ3) is 4.45. The standard InChI is InChI=1S/C14H20BrNO3/c1-11(17)13-3-2-12(15)10-14(13)19-9-6-16-4-7-18-8-5-16/h2-3,10-11,17H,4-9H2,1H3/t11-/m0/s1. The van der Waals surface area contributed by atoms with Gasteiger partial charge in [-0.1, -0.05) is 22.0 Å². The zero-order chi connectivity index (χ0) is 13.7. The maximum atomic E-state index is 9.72. The van der Waals surface area contributed by atoms with Crippen LogP contribution < -0.4 is 4.74 Å². The van der Waals surface area contributed by atoms with E-state index in [-0.39, 0.29) is 0 Å². The van der Waals surface area contributed by atoms with Crippen molar-refractivity contribution < 1.29 is 14.6 Å². The number of benzene rings is 1. The number of ether oxygens (including phenoxy) is 2. The van der Waals surface area contributed by atoms with Crippen LogP contribution in [0.1, 0.15) is 18.6 Å². The van der Waals surface area contributed by atoms with E-state index in [1.807, 2.05) is 18.2 Å². The third-order valence-electron chi connectivity index (χ3n) is 3.19. The summed E-state index contributed by atoms with van der Waals surface area (Å²) in [4.78, 5) is 2.32. The van der Waals surface area contributed by atoms with Crippen molar-refractivity contribution in [1.82, 2.24) is 4.90 Å². The lowest BCUT2D eigenvalue weighted by atomic mass is 10.1. The molecule has 0 unspecified atom stereocenters. The number of hydrogen-bond acceptors (Lipinski definition) is 4. The summed E-state index contributed by atoms with van der Waals surface area (Å²) in [5, 5.41) is 9.72. The molecule has 0 saturated carbocycles. The van der Waals surface area contributed by atoms with Crippen molar-refractivity contribution in [3.8, 4) is 5.75 Å². The zero-order valence-corrected chi connectivity index (χ0v) is 12.7. The Morgan fingerprint density at radius 1 is 1.42 bits per heavy atom. The molecule has 0 amide bonds. The molecule has 1 aliphatic heterocycles. The largest absolute Gasteiger partial charge is 0.492 e. The average Bonchev–Trinajstić information content (AvgIpc) is 2.39. The van der Waals surface area contributed by atoms with Crippen LogP contribution in [0, 0.1) is 0 Å². The molecule has 0 spiro atoms. The van der Waals surface area contributed by atoms with Crippen molar-refractivity contribution in [2.75, 3.05) is 39.5 Å². The van der Waals surface area contributed by atoms with Crippen molar-refractivity contribution in [3.63, 3.8) is 0 Å². The molecule has 1 N–H and O–H groups in total. The highest BCUT2D eigenvalue weighted by molar-refractivity contribution is 9.10. The van der Waals surface area contributed by atoms with Gasteiger partial charge in [-0.05, 0) is 19.1 Å². The molecule has 0 aromatic heterocycles. The minimum Gasteiger partial charge on any atom is -0.492 e. The lowest BCUT2D eigenvalue weighted by molar-refractivity contribution is 0.0320. The normalized spacial score (nSPS) is 18.3. The molecule has 1 aromatic rings. The van der Waals surface area contributed by atoms with Crippen molar-refractivity contribution in [2.45, 2.75) is 13.0 Å². The maximum absolute atomic E-state index is 9.72. The summed E-state index contributed by atoms with van der Waals surface area (Å²) in [6.45, 7) is 6.78. The highest BCUT2D eigenvalue weighted by Crippen LogP contribution is 2.28. The molecular weight excluding hydrogens is 310 g/mol. The zero-order valence-electron chi connectivity index (χ0n) is 11.1. The number of hydrogen-bond donors (Lipinski definition) is 1. The van der Waals surface area contributed by atoms with Gasteiger partial charge in [0.1, 0.15) is 12.4 Å². The van der Waals surface area contributed by atoms with Gasteiger partial charge in [0.05, 0.1) is 19.3 Å². The molecule has 19 heavy (non-hydrogen) atoms. The second-order valence-corrected chi connectivity index (χ2v) is 5.58. The van der Waals surface area contributed by atoms with Gasteiger partial charge in [0.2, 0.25) is 0 Å². The lowest BCUT2D eigenvalue weighted by Crippen LogP contribution is -2.38. The molecule has 106 valence electrons. The monoisotopic (exact) mass is 329 g/mol. The molecule has 0 bridgehead atoms. The molecule has 1 saturated heterocycles. The van der Waals surface area contributed by atoms with Gasteiger partial charge in [-0.2, -0.15) is 0 Å². The van der Waals surface area contributed by atoms with Crippen LogP contribution in [-0.2, 0) is 4.74 Å². The van der Waals surface area contributed by atoms with Crippen LogP contribution in [0.4, 0.5) is 0 Å². The second kappa shape index (κ2) is 7.24. The summed E-state index contributed by atoms with van der Waals surface area (Å²) in [6, 6.07) is 5.71. The van der Waals surface area contributed by atoms with Crippen LogP contribution in [-0.4, -0.2) is 49.5 Å². The van der Waals surface area contributed by atoms with E-state index in [4.69, 9.17) is 9.47 Å². The summed E-state index contributed by atoms with van der Waals surface area (Å²) in [5.41, 5.74) is 0.824. The predicted octanol–water partition coefficient (Wildman–Crippen LogP) is 2.21. The van der Waals surface area contributed by atoms with Crippen molar-refractivity contribution in [1.29, 1.82) is 0 Å². The SMILES string of the molecule is C[C@H](O)c1ccc(Br)cc1OCCN1CCOCC1. The highest BCUT2D eigenvalue weighted by Gasteiger charge is 2.12. The number of aliphatic hydroxyl groups is 1. The number of aliphatic hydroxyl groups excluding tert-OH is 1. The van der Waals surface area contributed by atoms with Gasteiger partial charge < -0.3 is 14.6 Å². The summed E-state index contributed by atoms with van der Waals surface area (Å²) < 4.78 is 12.1. The lowest BCUT2D eigenvalue weighted by Gasteiger charge is -2.26. The summed E-state index contributed by atoms with van der Waals surface area (Å²) in [5.74, 6) is 0.748. The number of rotatable bonds is 5. The molecule has 1 aliphatic rings. The van der Waals surface area contributed by atoms with E-state index in [0.717, 1.165) is 48.6 Å². The topological polar surface area (TPSA) is 41.9 Å². The van der Waals surface area contributed by atoms with Gasteiger partial charge >= 0.3 is 0 Å². The van der Waals surface area contributed by atoms with Crippen molar-refractivity contribution in [2.24, 2.45) is 0 Å². The van der Waals surface area contributed by atoms with Gasteiger partial charge in [0, 0.05) is 29.7 Å². The third-order valence-corrected chi connectivity index (χ3v) is 3.69. The first kappa shape index (κ1) is 14.8. The van der Waals surface area contributed by atoms with Crippen LogP contribution in [0.3, 0.4) is 0 Å². The molecule has 1 fully saturated rings. The first-order chi connectivity index (χ1) is 9.16. The molecule has 1 aromatic carbocycles. The van der Waals surface area contributed by atoms with E-state index in [1.165, 1.54) is 0 Å². The summed E-state index contributed by atoms with van der Waals surface area (Å²) >= 11 is 3.43. The fourth-order valence-electron chi connectivity index (χ4n) is 2.09. The molecule has 0 radical (unpaired) electrons. The average molecular weight is 330 g/mol. The smallest absolute Gasteiger partial charge is 0.126 e. The Morgan fingerprint density at radius 3 is 2.84 bits per heavy atom. The van der Waals surface area contributed by atoms with Gasteiger partial charge in [0.15, 0.2) is 0 Å². The van der Waals surface area contributed by atoms with Gasteiger partial charge in [-0.25, -0.2) is 0 Å². The fraction of sp³-hybridized carbons (Fsp3) is 0.571. The molecule has 4 nitrogen and oxygen atoms in total. The van der Waals surface area contributed by atoms with E-state index >= 15 is 0 Å². The molecule has 5 heteroatoms. The van der Waals surface area contributed by atoms with Crippen LogP contribution >= 0.6 is 15.9 Å². The van der Waals surface area contributed by atoms with Crippen molar-refractivity contribution >= 4 is 15.9 Å².